The van der Waals surface area contributed by atoms with Crippen LogP contribution in [0.1, 0.15) is 248 Å². The van der Waals surface area contributed by atoms with Crippen molar-refractivity contribution in [2.24, 2.45) is 35.5 Å². The van der Waals surface area contributed by atoms with Gasteiger partial charge in [-0.15, -0.1) is 0 Å². The van der Waals surface area contributed by atoms with E-state index in [9.17, 15) is 67.1 Å². The van der Waals surface area contributed by atoms with Gasteiger partial charge in [0.05, 0.1) is 63.7 Å². The van der Waals surface area contributed by atoms with Gasteiger partial charge >= 0.3 is 23.9 Å². The lowest BCUT2D eigenvalue weighted by Gasteiger charge is -2.44. The highest BCUT2D eigenvalue weighted by Gasteiger charge is 2.47. The Morgan fingerprint density at radius 1 is 0.369 bits per heavy atom. The minimum absolute atomic E-state index is 0.0190. The Labute approximate surface area is 830 Å². The number of esters is 4. The monoisotopic (exact) mass is 1980 g/mol. The number of hydrogen-bond donors (Lipinski definition) is 8. The molecular formula is C103H158N10O28. The summed E-state index contributed by atoms with van der Waals surface area (Å²) in [5.74, 6) is -4.58. The predicted octanol–water partition coefficient (Wildman–Crippen LogP) is 8.58. The number of nitrogens with zero attached hydrogens (tertiary/aromatic N) is 2. The minimum Gasteiger partial charge on any atom is -0.497 e. The Balaban J connectivity index is 1.14. The first-order valence-corrected chi connectivity index (χ1v) is 50.1. The summed E-state index contributed by atoms with van der Waals surface area (Å²) >= 11 is 0. The number of unbranched alkanes of at least 4 members (excludes halogenated alkanes) is 4. The van der Waals surface area contributed by atoms with Gasteiger partial charge in [-0.2, -0.15) is 0 Å². The van der Waals surface area contributed by atoms with Crippen molar-refractivity contribution < 1.29 is 133 Å². The molecule has 0 bridgehead atoms. The summed E-state index contributed by atoms with van der Waals surface area (Å²) in [5, 5.41) is 23.4. The smallest absolute Gasteiger partial charge is 0.307 e. The van der Waals surface area contributed by atoms with E-state index in [1.807, 2.05) is 96.1 Å². The van der Waals surface area contributed by atoms with Gasteiger partial charge in [-0.3, -0.25) is 71.9 Å². The van der Waals surface area contributed by atoms with Crippen molar-refractivity contribution >= 4 is 88.7 Å². The lowest BCUT2D eigenvalue weighted by Crippen LogP contribution is -2.58. The number of carbonyl (C=O) groups excluding carboxylic acids is 15. The first-order chi connectivity index (χ1) is 67.5. The number of ketones is 1. The number of hydrogen-bond acceptors (Lipinski definition) is 28. The van der Waals surface area contributed by atoms with Crippen molar-refractivity contribution in [3.8, 4) is 11.5 Å². The zero-order valence-electron chi connectivity index (χ0n) is 85.4. The van der Waals surface area contributed by atoms with Gasteiger partial charge in [-0.25, -0.2) is 0 Å². The van der Waals surface area contributed by atoms with Gasteiger partial charge in [0.2, 0.25) is 59.3 Å². The first kappa shape index (κ1) is 119. The maximum absolute atomic E-state index is 15.8. The molecule has 3 aliphatic heterocycles. The lowest BCUT2D eigenvalue weighted by atomic mass is 9.80. The highest BCUT2D eigenvalue weighted by molar-refractivity contribution is 5.87. The molecule has 0 radical (unpaired) electrons. The van der Waals surface area contributed by atoms with E-state index in [-0.39, 0.29) is 270 Å². The van der Waals surface area contributed by atoms with Crippen LogP contribution in [0, 0.1) is 35.5 Å². The summed E-state index contributed by atoms with van der Waals surface area (Å²) in [6, 6.07) is 22.4. The van der Waals surface area contributed by atoms with Crippen LogP contribution >= 0.6 is 0 Å². The zero-order valence-corrected chi connectivity index (χ0v) is 85.4. The molecule has 3 heterocycles. The fourth-order valence-electron chi connectivity index (χ4n) is 17.1. The summed E-state index contributed by atoms with van der Waals surface area (Å²) in [6.45, 7) is 23.3. The van der Waals surface area contributed by atoms with E-state index in [0.717, 1.165) is 0 Å². The second-order valence-corrected chi connectivity index (χ2v) is 36.7. The number of ether oxygens (including phenoxy) is 13. The van der Waals surface area contributed by atoms with E-state index in [2.05, 4.69) is 42.5 Å². The number of methoxy groups -OCH3 is 2. The Hall–Kier alpha value is -10.8. The van der Waals surface area contributed by atoms with Crippen LogP contribution < -0.4 is 52.0 Å². The molecule has 788 valence electrons. The van der Waals surface area contributed by atoms with Crippen molar-refractivity contribution in [3.63, 3.8) is 0 Å². The molecule has 16 unspecified atom stereocenters. The van der Waals surface area contributed by atoms with E-state index in [0.29, 0.717) is 92.4 Å². The third-order valence-corrected chi connectivity index (χ3v) is 26.0. The maximum atomic E-state index is 15.8. The Morgan fingerprint density at radius 2 is 0.695 bits per heavy atom. The van der Waals surface area contributed by atoms with Gasteiger partial charge < -0.3 is 114 Å². The molecule has 10 amide bonds. The Bertz CT molecular complexity index is 4320. The molecule has 6 rings (SSSR count). The topological polar surface area (TPSA) is 479 Å². The fourth-order valence-corrected chi connectivity index (χ4v) is 17.1. The van der Waals surface area contributed by atoms with E-state index < -0.39 is 103 Å². The zero-order chi connectivity index (χ0) is 103. The van der Waals surface area contributed by atoms with E-state index in [1.165, 1.54) is 46.4 Å². The molecule has 141 heavy (non-hydrogen) atoms. The number of amides is 10. The van der Waals surface area contributed by atoms with Crippen LogP contribution in [0.2, 0.25) is 0 Å². The van der Waals surface area contributed by atoms with Gasteiger partial charge in [0.25, 0.3) is 5.91 Å². The van der Waals surface area contributed by atoms with E-state index in [4.69, 9.17) is 61.6 Å². The third kappa shape index (κ3) is 42.7. The molecule has 3 aromatic rings. The van der Waals surface area contributed by atoms with Crippen LogP contribution in [0.4, 0.5) is 0 Å². The average Bonchev–Trinajstić information content (AvgIpc) is 0.749. The standard InChI is InChI=1S/C103H158N10O28/c1-16-82(120)45-50-95(127)138-88(66-137-103(79-33-18-17-19-34-79,80-41-46-83(129-14)47-42-80)81-43-48-84(130-15)49-44-81)99(128)113(59-32-55-108-93(125)39-29-52-105-90(122)36-21-26-61-132-101-97(110-74(9)115)71(6)68(3)86(140-101)64-135-77(12)118)57-24-23-56-112(94(126)40-30-53-106-91(123)37-22-27-62-133-102-98(111-75(10)116)72(7)69(4)87(141-102)65-136-78(13)119)58-31-54-107-92(124)38-28-51-104-89(121)35-20-25-60-131-100-96(109-73(8)114)70(5)67(2)85(139-100)63-134-76(11)117/h17-19,33-34,41-44,46-49,67-72,85-88,96-98,100-102H,16,20-32,35-40,45,50-66H2,1-15H3,(H,104,121)(H,105,122)(H,106,123)(H,107,124)(H,108,125)(H,109,114)(H,110,115)(H,111,116). The Kier molecular flexibility index (Phi) is 54.6. The molecule has 0 spiro atoms. The summed E-state index contributed by atoms with van der Waals surface area (Å²) in [6.07, 6.45) is -0.139. The van der Waals surface area contributed by atoms with Gasteiger partial charge in [-0.1, -0.05) is 103 Å². The number of nitrogens with one attached hydrogen (secondary N) is 8. The van der Waals surface area contributed by atoms with Crippen molar-refractivity contribution in [3.05, 3.63) is 95.6 Å². The fraction of sp³-hybridized carbons (Fsp3) is 0.680. The number of Topliss-reactive ketones (excluding diaryl/α,β-unsaturated/α-hetero) is 1. The third-order valence-electron chi connectivity index (χ3n) is 26.0. The molecule has 3 saturated heterocycles. The predicted molar refractivity (Wildman–Crippen MR) is 520 cm³/mol. The molecule has 8 N–H and O–H groups in total. The van der Waals surface area contributed by atoms with Crippen molar-refractivity contribution in [2.45, 2.75) is 298 Å². The van der Waals surface area contributed by atoms with Crippen LogP contribution in [-0.2, 0) is 130 Å². The van der Waals surface area contributed by atoms with E-state index in [1.54, 1.807) is 50.3 Å². The van der Waals surface area contributed by atoms with Crippen LogP contribution in [0.25, 0.3) is 0 Å². The van der Waals surface area contributed by atoms with Crippen molar-refractivity contribution in [1.82, 2.24) is 52.3 Å². The molecule has 3 fully saturated rings. The summed E-state index contributed by atoms with van der Waals surface area (Å²) in [5.41, 5.74) is 0.386. The van der Waals surface area contributed by atoms with Crippen LogP contribution in [0.5, 0.6) is 11.5 Å². The number of carbonyl (C=O) groups is 15. The van der Waals surface area contributed by atoms with Crippen LogP contribution in [0.15, 0.2) is 78.9 Å². The van der Waals surface area contributed by atoms with Crippen LogP contribution in [0.3, 0.4) is 0 Å². The number of rotatable bonds is 66. The number of benzene rings is 3. The first-order valence-electron chi connectivity index (χ1n) is 50.1. The SMILES string of the molecule is CCC(=O)CCC(=O)OC(COC(c1ccccc1)(c1ccc(OC)cc1)c1ccc(OC)cc1)C(=O)N(CCCCN(CCCNC(=O)CCCNC(=O)CCCCOC1OC(COC(C)=O)C(C)C(C)C1NC(C)=O)C(=O)CCCNC(=O)CCCCOC1OC(COC(C)=O)C(C)C(C)C1NC(C)=O)CCCNC(=O)CCCNC(=O)CCCCOC1OC(COC(C)=O)C(C)C(C)C1NC(C)=O. The maximum Gasteiger partial charge on any atom is 0.307 e. The van der Waals surface area contributed by atoms with Crippen LogP contribution in [-0.4, -0.2) is 279 Å². The molecule has 16 atom stereocenters. The van der Waals surface area contributed by atoms with Gasteiger partial charge in [0.1, 0.15) is 42.7 Å². The van der Waals surface area contributed by atoms with Gasteiger partial charge in [0, 0.05) is 172 Å². The minimum atomic E-state index is -1.63. The molecule has 38 nitrogen and oxygen atoms in total. The molecular weight excluding hydrogens is 1830 g/mol. The quantitative estimate of drug-likeness (QED) is 0.0113. The molecule has 0 saturated carbocycles. The summed E-state index contributed by atoms with van der Waals surface area (Å²) in [7, 11) is 3.09. The van der Waals surface area contributed by atoms with Gasteiger partial charge in [0.15, 0.2) is 18.9 Å². The Morgan fingerprint density at radius 3 is 1.04 bits per heavy atom. The van der Waals surface area contributed by atoms with Gasteiger partial charge in [-0.05, 0) is 160 Å². The summed E-state index contributed by atoms with van der Waals surface area (Å²) < 4.78 is 77.4. The molecule has 0 aliphatic carbocycles. The lowest BCUT2D eigenvalue weighted by molar-refractivity contribution is -0.244. The molecule has 0 aromatic heterocycles. The van der Waals surface area contributed by atoms with Crippen molar-refractivity contribution in [1.29, 1.82) is 0 Å². The molecule has 3 aromatic carbocycles. The molecule has 3 aliphatic rings. The normalized spacial score (nSPS) is 21.2. The molecule has 38 heteroatoms. The highest BCUT2D eigenvalue weighted by atomic mass is 16.7. The highest BCUT2D eigenvalue weighted by Crippen LogP contribution is 2.43. The largest absolute Gasteiger partial charge is 0.497 e. The summed E-state index contributed by atoms with van der Waals surface area (Å²) in [4.78, 5) is 198. The second kappa shape index (κ2) is 64.7. The van der Waals surface area contributed by atoms with E-state index >= 15 is 4.79 Å². The average molecular weight is 1980 g/mol. The second-order valence-electron chi connectivity index (χ2n) is 36.7. The van der Waals surface area contributed by atoms with Crippen molar-refractivity contribution in [2.75, 3.05) is 119 Å².